The zero-order valence-corrected chi connectivity index (χ0v) is 18.5. The van der Waals surface area contributed by atoms with Gasteiger partial charge in [-0.2, -0.15) is 0 Å². The van der Waals surface area contributed by atoms with Crippen LogP contribution >= 0.6 is 0 Å². The van der Waals surface area contributed by atoms with Gasteiger partial charge in [0, 0.05) is 23.9 Å². The monoisotopic (exact) mass is 465 g/mol. The van der Waals surface area contributed by atoms with Gasteiger partial charge in [-0.05, 0) is 42.0 Å². The Balaban J connectivity index is 1.57. The van der Waals surface area contributed by atoms with Crippen LogP contribution in [0, 0.1) is 11.6 Å². The second kappa shape index (κ2) is 7.70. The predicted molar refractivity (Wildman–Crippen MR) is 128 cm³/mol. The van der Waals surface area contributed by atoms with Gasteiger partial charge < -0.3 is 4.57 Å². The number of halogens is 2. The van der Waals surface area contributed by atoms with Crippen molar-refractivity contribution in [2.24, 2.45) is 7.05 Å². The van der Waals surface area contributed by atoms with E-state index in [2.05, 4.69) is 0 Å². The molecule has 0 saturated heterocycles. The van der Waals surface area contributed by atoms with E-state index in [0.29, 0.717) is 11.5 Å². The van der Waals surface area contributed by atoms with Crippen LogP contribution in [0.5, 0.6) is 0 Å². The molecule has 0 saturated carbocycles. The molecule has 1 aliphatic rings. The fourth-order valence-corrected chi connectivity index (χ4v) is 4.56. The molecule has 5 aromatic rings. The van der Waals surface area contributed by atoms with Crippen molar-refractivity contribution in [1.29, 1.82) is 0 Å². The summed E-state index contributed by atoms with van der Waals surface area (Å²) in [5.74, 6) is -3.28. The lowest BCUT2D eigenvalue weighted by Crippen LogP contribution is -2.04. The van der Waals surface area contributed by atoms with Crippen molar-refractivity contribution in [1.82, 2.24) is 14.1 Å². The average molecular weight is 465 g/mol. The molecule has 2 aromatic heterocycles. The normalized spacial score (nSPS) is 13.1. The molecule has 0 spiro atoms. The van der Waals surface area contributed by atoms with E-state index in [1.54, 1.807) is 0 Å². The topological polar surface area (TPSA) is 56.9 Å². The van der Waals surface area contributed by atoms with Gasteiger partial charge in [-0.15, -0.1) is 0 Å². The van der Waals surface area contributed by atoms with Crippen molar-refractivity contribution in [3.8, 4) is 16.9 Å². The van der Waals surface area contributed by atoms with Crippen molar-refractivity contribution in [2.45, 2.75) is 0 Å². The number of carbonyl (C=O) groups excluding carboxylic acids is 2. The maximum Gasteiger partial charge on any atom is 0.197 e. The van der Waals surface area contributed by atoms with Gasteiger partial charge in [0.25, 0.3) is 0 Å². The number of imidazole rings is 1. The first-order valence-corrected chi connectivity index (χ1v) is 10.9. The maximum absolute atomic E-state index is 13.8. The number of para-hydroxylation sites is 1. The molecule has 3 aromatic carbocycles. The number of ketones is 2. The zero-order valence-electron chi connectivity index (χ0n) is 18.5. The summed E-state index contributed by atoms with van der Waals surface area (Å²) in [7, 11) is 1.90. The molecule has 1 aliphatic carbocycles. The van der Waals surface area contributed by atoms with Gasteiger partial charge in [0.1, 0.15) is 5.82 Å². The summed E-state index contributed by atoms with van der Waals surface area (Å²) in [5.41, 5.74) is 3.75. The van der Waals surface area contributed by atoms with Crippen molar-refractivity contribution in [2.75, 3.05) is 0 Å². The van der Waals surface area contributed by atoms with Gasteiger partial charge in [0.2, 0.25) is 0 Å². The van der Waals surface area contributed by atoms with Crippen molar-refractivity contribution in [3.05, 3.63) is 113 Å². The molecule has 6 rings (SSSR count). The summed E-state index contributed by atoms with van der Waals surface area (Å²) >= 11 is 0. The summed E-state index contributed by atoms with van der Waals surface area (Å²) in [6, 6.07) is 22.9. The lowest BCUT2D eigenvalue weighted by atomic mass is 10.1. The molecule has 0 aliphatic heterocycles. The van der Waals surface area contributed by atoms with E-state index in [-0.39, 0.29) is 16.7 Å². The number of nitrogens with zero attached hydrogens (tertiary/aromatic N) is 3. The molecular weight excluding hydrogens is 448 g/mol. The second-order valence-electron chi connectivity index (χ2n) is 8.33. The quantitative estimate of drug-likeness (QED) is 0.251. The van der Waals surface area contributed by atoms with E-state index in [0.717, 1.165) is 34.6 Å². The number of benzene rings is 3. The highest BCUT2D eigenvalue weighted by atomic mass is 19.2. The first kappa shape index (κ1) is 20.9. The summed E-state index contributed by atoms with van der Waals surface area (Å²) in [4.78, 5) is 30.7. The van der Waals surface area contributed by atoms with Crippen molar-refractivity contribution >= 4 is 28.8 Å². The minimum atomic E-state index is -1.17. The molecule has 5 nitrogen and oxygen atoms in total. The molecule has 7 heteroatoms. The first-order chi connectivity index (χ1) is 16.9. The molecule has 0 fully saturated rings. The molecular formula is C28H17F2N3O2. The summed E-state index contributed by atoms with van der Waals surface area (Å²) < 4.78 is 31.3. The van der Waals surface area contributed by atoms with Crippen LogP contribution in [0.1, 0.15) is 26.5 Å². The van der Waals surface area contributed by atoms with Crippen LogP contribution in [0.4, 0.5) is 8.78 Å². The van der Waals surface area contributed by atoms with E-state index < -0.39 is 23.2 Å². The fraction of sp³-hybridized carbons (Fsp3) is 0.0357. The number of hydrogen-bond donors (Lipinski definition) is 0. The van der Waals surface area contributed by atoms with E-state index >= 15 is 0 Å². The zero-order chi connectivity index (χ0) is 24.3. The SMILES string of the molecule is Cn1c(-c2ccccc2)cc2c1nc(C=C1C(=O)c3cc(F)c(F)cc3C1=O)n2-c1ccccc1. The van der Waals surface area contributed by atoms with Crippen LogP contribution in [-0.2, 0) is 7.05 Å². The van der Waals surface area contributed by atoms with E-state index in [1.807, 2.05) is 82.9 Å². The van der Waals surface area contributed by atoms with Crippen LogP contribution in [-0.4, -0.2) is 25.7 Å². The molecule has 0 unspecified atom stereocenters. The lowest BCUT2D eigenvalue weighted by molar-refractivity contribution is 0.0990. The molecule has 0 bridgehead atoms. The fourth-order valence-electron chi connectivity index (χ4n) is 4.56. The third-order valence-electron chi connectivity index (χ3n) is 6.27. The maximum atomic E-state index is 13.8. The van der Waals surface area contributed by atoms with E-state index in [1.165, 1.54) is 6.08 Å². The van der Waals surface area contributed by atoms with Gasteiger partial charge in [0.05, 0.1) is 16.8 Å². The Bertz CT molecular complexity index is 1650. The van der Waals surface area contributed by atoms with Crippen LogP contribution in [0.3, 0.4) is 0 Å². The third-order valence-corrected chi connectivity index (χ3v) is 6.27. The van der Waals surface area contributed by atoms with Gasteiger partial charge in [0.15, 0.2) is 28.8 Å². The molecule has 0 N–H and O–H groups in total. The third kappa shape index (κ3) is 3.16. The first-order valence-electron chi connectivity index (χ1n) is 10.9. The van der Waals surface area contributed by atoms with Crippen LogP contribution in [0.2, 0.25) is 0 Å². The van der Waals surface area contributed by atoms with Gasteiger partial charge >= 0.3 is 0 Å². The Hall–Kier alpha value is -4.65. The standard InChI is InChI=1S/C28H17F2N3O2/c1-32-23(16-8-4-2-5-9-16)15-24-28(32)31-25(33(24)17-10-6-3-7-11-17)14-20-26(34)18-12-21(29)22(30)13-19(18)27(20)35/h2-15H,1H3. The largest absolute Gasteiger partial charge is 0.327 e. The molecule has 0 atom stereocenters. The van der Waals surface area contributed by atoms with Gasteiger partial charge in [-0.3, -0.25) is 14.2 Å². The highest BCUT2D eigenvalue weighted by Crippen LogP contribution is 2.33. The number of rotatable bonds is 3. The number of Topliss-reactive ketones (excluding diaryl/α,β-unsaturated/α-hetero) is 2. The van der Waals surface area contributed by atoms with Crippen LogP contribution < -0.4 is 0 Å². The number of aryl methyl sites for hydroxylation is 1. The minimum absolute atomic E-state index is 0.145. The van der Waals surface area contributed by atoms with Gasteiger partial charge in [-0.25, -0.2) is 13.8 Å². The Kier molecular flexibility index (Phi) is 4.60. The number of aromatic nitrogens is 3. The predicted octanol–water partition coefficient (Wildman–Crippen LogP) is 5.77. The highest BCUT2D eigenvalue weighted by Gasteiger charge is 2.35. The van der Waals surface area contributed by atoms with Crippen molar-refractivity contribution < 1.29 is 18.4 Å². The molecule has 170 valence electrons. The Labute approximate surface area is 198 Å². The Morgan fingerprint density at radius 1 is 0.800 bits per heavy atom. The molecule has 35 heavy (non-hydrogen) atoms. The number of allylic oxidation sites excluding steroid dienone is 1. The number of fused-ring (bicyclic) bond motifs is 2. The summed E-state index contributed by atoms with van der Waals surface area (Å²) in [6.07, 6.45) is 1.40. The smallest absolute Gasteiger partial charge is 0.197 e. The Morgan fingerprint density at radius 3 is 1.97 bits per heavy atom. The molecule has 0 amide bonds. The van der Waals surface area contributed by atoms with E-state index in [9.17, 15) is 18.4 Å². The van der Waals surface area contributed by atoms with Gasteiger partial charge in [-0.1, -0.05) is 48.5 Å². The lowest BCUT2D eigenvalue weighted by Gasteiger charge is -2.07. The second-order valence-corrected chi connectivity index (χ2v) is 8.33. The summed E-state index contributed by atoms with van der Waals surface area (Å²) in [5, 5.41) is 0. The average Bonchev–Trinajstić information content (AvgIpc) is 3.46. The van der Waals surface area contributed by atoms with Crippen LogP contribution in [0.15, 0.2) is 84.4 Å². The Morgan fingerprint density at radius 2 is 1.37 bits per heavy atom. The molecule has 2 heterocycles. The summed E-state index contributed by atoms with van der Waals surface area (Å²) in [6.45, 7) is 0. The molecule has 0 radical (unpaired) electrons. The van der Waals surface area contributed by atoms with Crippen LogP contribution in [0.25, 0.3) is 34.2 Å². The van der Waals surface area contributed by atoms with Crippen molar-refractivity contribution in [3.63, 3.8) is 0 Å². The number of hydrogen-bond acceptors (Lipinski definition) is 3. The van der Waals surface area contributed by atoms with E-state index in [4.69, 9.17) is 4.98 Å². The minimum Gasteiger partial charge on any atom is -0.327 e. The highest BCUT2D eigenvalue weighted by molar-refractivity contribution is 6.41. The number of carbonyl (C=O) groups is 2.